The van der Waals surface area contributed by atoms with E-state index in [9.17, 15) is 0 Å². The molecule has 4 heteroatoms. The fourth-order valence-electron chi connectivity index (χ4n) is 1.36. The third kappa shape index (κ3) is 9.86. The molecule has 0 radical (unpaired) electrons. The molecule has 94 valence electrons. The molecule has 0 aliphatic carbocycles. The van der Waals surface area contributed by atoms with Gasteiger partial charge in [-0.25, -0.2) is 0 Å². The third-order valence-electron chi connectivity index (χ3n) is 2.20. The quantitative estimate of drug-likeness (QED) is 0.320. The first-order valence-corrected chi connectivity index (χ1v) is 5.81. The van der Waals surface area contributed by atoms with Crippen molar-refractivity contribution in [3.8, 4) is 0 Å². The molecule has 0 atom stereocenters. The highest BCUT2D eigenvalue weighted by Crippen LogP contribution is 1.85. The van der Waals surface area contributed by atoms with Crippen LogP contribution in [-0.4, -0.2) is 62.4 Å². The summed E-state index contributed by atoms with van der Waals surface area (Å²) in [4.78, 5) is 2.23. The van der Waals surface area contributed by atoms with Crippen molar-refractivity contribution in [2.24, 2.45) is 0 Å². The highest BCUT2D eigenvalue weighted by Gasteiger charge is 2.02. The number of nitrogens with one attached hydrogen (secondary N) is 2. The van der Waals surface area contributed by atoms with Crippen LogP contribution in [0.3, 0.4) is 0 Å². The lowest BCUT2D eigenvalue weighted by molar-refractivity contribution is 0.197. The molecule has 0 unspecified atom stereocenters. The van der Waals surface area contributed by atoms with Gasteiger partial charge in [-0.2, -0.15) is 0 Å². The Balaban J connectivity index is 3.52. The van der Waals surface area contributed by atoms with E-state index in [-0.39, 0.29) is 6.61 Å². The number of aliphatic hydroxyl groups excluding tert-OH is 1. The summed E-state index contributed by atoms with van der Waals surface area (Å²) in [5.74, 6) is 0. The SMILES string of the molecule is C=CCNCCN(CCO)CCNCC=C. The number of rotatable bonds is 12. The Kier molecular flexibility index (Phi) is 11.9. The molecule has 0 aliphatic heterocycles. The molecule has 0 saturated heterocycles. The molecular formula is C12H25N3O. The van der Waals surface area contributed by atoms with Gasteiger partial charge < -0.3 is 15.7 Å². The van der Waals surface area contributed by atoms with E-state index in [1.54, 1.807) is 0 Å². The molecule has 0 bridgehead atoms. The molecule has 0 saturated carbocycles. The Morgan fingerprint density at radius 1 is 0.938 bits per heavy atom. The summed E-state index contributed by atoms with van der Waals surface area (Å²) in [5, 5.41) is 15.4. The maximum Gasteiger partial charge on any atom is 0.0558 e. The van der Waals surface area contributed by atoms with Crippen molar-refractivity contribution in [2.75, 3.05) is 52.4 Å². The average molecular weight is 227 g/mol. The summed E-state index contributed by atoms with van der Waals surface area (Å²) >= 11 is 0. The zero-order valence-electron chi connectivity index (χ0n) is 10.1. The van der Waals surface area contributed by atoms with Crippen LogP contribution in [0.5, 0.6) is 0 Å². The standard InChI is InChI=1S/C12H25N3O/c1-3-5-13-7-9-15(11-12-16)10-8-14-6-4-2/h3-4,13-14,16H,1-2,5-12H2. The van der Waals surface area contributed by atoms with E-state index in [1.807, 2.05) is 12.2 Å². The van der Waals surface area contributed by atoms with Crippen LogP contribution in [0.25, 0.3) is 0 Å². The van der Waals surface area contributed by atoms with Crippen molar-refractivity contribution in [3.05, 3.63) is 25.3 Å². The minimum Gasteiger partial charge on any atom is -0.395 e. The van der Waals surface area contributed by atoms with Gasteiger partial charge in [0.05, 0.1) is 6.61 Å². The van der Waals surface area contributed by atoms with Gasteiger partial charge in [-0.3, -0.25) is 4.90 Å². The van der Waals surface area contributed by atoms with E-state index in [2.05, 4.69) is 28.7 Å². The molecule has 0 fully saturated rings. The Hall–Kier alpha value is -0.680. The van der Waals surface area contributed by atoms with Gasteiger partial charge in [0, 0.05) is 45.8 Å². The second kappa shape index (κ2) is 12.4. The van der Waals surface area contributed by atoms with Gasteiger partial charge in [-0.05, 0) is 0 Å². The zero-order chi connectivity index (χ0) is 12.1. The van der Waals surface area contributed by atoms with E-state index < -0.39 is 0 Å². The van der Waals surface area contributed by atoms with Crippen molar-refractivity contribution >= 4 is 0 Å². The number of hydrogen-bond acceptors (Lipinski definition) is 4. The summed E-state index contributed by atoms with van der Waals surface area (Å²) in [6, 6.07) is 0. The molecule has 0 amide bonds. The zero-order valence-corrected chi connectivity index (χ0v) is 10.1. The highest BCUT2D eigenvalue weighted by molar-refractivity contribution is 4.72. The Morgan fingerprint density at radius 2 is 1.44 bits per heavy atom. The molecule has 4 nitrogen and oxygen atoms in total. The maximum absolute atomic E-state index is 8.93. The molecule has 0 aromatic rings. The van der Waals surface area contributed by atoms with Gasteiger partial charge in [0.1, 0.15) is 0 Å². The normalized spacial score (nSPS) is 10.6. The van der Waals surface area contributed by atoms with Crippen LogP contribution >= 0.6 is 0 Å². The molecule has 0 aromatic heterocycles. The predicted molar refractivity (Wildman–Crippen MR) is 69.7 cm³/mol. The fourth-order valence-corrected chi connectivity index (χ4v) is 1.36. The van der Waals surface area contributed by atoms with Crippen LogP contribution in [0.1, 0.15) is 0 Å². The summed E-state index contributed by atoms with van der Waals surface area (Å²) in [5.41, 5.74) is 0. The molecule has 0 aliphatic rings. The van der Waals surface area contributed by atoms with Crippen molar-refractivity contribution in [2.45, 2.75) is 0 Å². The Morgan fingerprint density at radius 3 is 1.81 bits per heavy atom. The second-order valence-electron chi connectivity index (χ2n) is 3.55. The predicted octanol–water partition coefficient (Wildman–Crippen LogP) is -0.168. The van der Waals surface area contributed by atoms with Gasteiger partial charge in [0.25, 0.3) is 0 Å². The molecule has 0 rings (SSSR count). The smallest absolute Gasteiger partial charge is 0.0558 e. The molecule has 0 aromatic carbocycles. The molecule has 16 heavy (non-hydrogen) atoms. The lowest BCUT2D eigenvalue weighted by Gasteiger charge is -2.21. The topological polar surface area (TPSA) is 47.5 Å². The average Bonchev–Trinajstić information content (AvgIpc) is 2.30. The second-order valence-corrected chi connectivity index (χ2v) is 3.55. The lowest BCUT2D eigenvalue weighted by atomic mass is 10.4. The van der Waals surface area contributed by atoms with Crippen molar-refractivity contribution < 1.29 is 5.11 Å². The summed E-state index contributed by atoms with van der Waals surface area (Å²) < 4.78 is 0. The summed E-state index contributed by atoms with van der Waals surface area (Å²) in [7, 11) is 0. The Bertz CT molecular complexity index is 158. The first-order valence-electron chi connectivity index (χ1n) is 5.81. The molecule has 0 spiro atoms. The largest absolute Gasteiger partial charge is 0.395 e. The fraction of sp³-hybridized carbons (Fsp3) is 0.667. The van der Waals surface area contributed by atoms with Crippen LogP contribution in [0.2, 0.25) is 0 Å². The van der Waals surface area contributed by atoms with Crippen molar-refractivity contribution in [1.82, 2.24) is 15.5 Å². The molecule has 0 heterocycles. The Labute approximate surface area is 99.0 Å². The monoisotopic (exact) mass is 227 g/mol. The highest BCUT2D eigenvalue weighted by atomic mass is 16.3. The van der Waals surface area contributed by atoms with E-state index in [1.165, 1.54) is 0 Å². The van der Waals surface area contributed by atoms with Gasteiger partial charge in [0.2, 0.25) is 0 Å². The van der Waals surface area contributed by atoms with Crippen LogP contribution in [0, 0.1) is 0 Å². The minimum absolute atomic E-state index is 0.211. The first-order chi connectivity index (χ1) is 7.85. The van der Waals surface area contributed by atoms with Crippen LogP contribution in [0.4, 0.5) is 0 Å². The van der Waals surface area contributed by atoms with Gasteiger partial charge in [0.15, 0.2) is 0 Å². The summed E-state index contributed by atoms with van der Waals surface area (Å²) in [6.07, 6.45) is 3.70. The van der Waals surface area contributed by atoms with E-state index in [0.29, 0.717) is 0 Å². The van der Waals surface area contributed by atoms with Crippen LogP contribution < -0.4 is 10.6 Å². The first kappa shape index (κ1) is 15.3. The van der Waals surface area contributed by atoms with Gasteiger partial charge >= 0.3 is 0 Å². The number of aliphatic hydroxyl groups is 1. The van der Waals surface area contributed by atoms with Gasteiger partial charge in [-0.1, -0.05) is 12.2 Å². The third-order valence-corrected chi connectivity index (χ3v) is 2.20. The summed E-state index contributed by atoms with van der Waals surface area (Å²) in [6.45, 7) is 13.7. The lowest BCUT2D eigenvalue weighted by Crippen LogP contribution is -2.38. The number of hydrogen-bond donors (Lipinski definition) is 3. The molecular weight excluding hydrogens is 202 g/mol. The maximum atomic E-state index is 8.93. The van der Waals surface area contributed by atoms with Crippen molar-refractivity contribution in [1.29, 1.82) is 0 Å². The van der Waals surface area contributed by atoms with Crippen molar-refractivity contribution in [3.63, 3.8) is 0 Å². The van der Waals surface area contributed by atoms with Gasteiger partial charge in [-0.15, -0.1) is 13.2 Å². The van der Waals surface area contributed by atoms with Crippen LogP contribution in [-0.2, 0) is 0 Å². The van der Waals surface area contributed by atoms with E-state index in [0.717, 1.165) is 45.8 Å². The van der Waals surface area contributed by atoms with E-state index in [4.69, 9.17) is 5.11 Å². The van der Waals surface area contributed by atoms with Crippen LogP contribution in [0.15, 0.2) is 25.3 Å². The van der Waals surface area contributed by atoms with E-state index >= 15 is 0 Å². The molecule has 3 N–H and O–H groups in total. The number of nitrogens with zero attached hydrogens (tertiary/aromatic N) is 1. The minimum atomic E-state index is 0.211.